The Balaban J connectivity index is 1.93. The van der Waals surface area contributed by atoms with Crippen molar-refractivity contribution in [1.29, 1.82) is 0 Å². The molecule has 0 heterocycles. The van der Waals surface area contributed by atoms with E-state index < -0.39 is 11.9 Å². The molecule has 4 nitrogen and oxygen atoms in total. The van der Waals surface area contributed by atoms with E-state index in [-0.39, 0.29) is 11.9 Å². The summed E-state index contributed by atoms with van der Waals surface area (Å²) in [5.41, 5.74) is 0.945. The summed E-state index contributed by atoms with van der Waals surface area (Å²) >= 11 is 0. The van der Waals surface area contributed by atoms with Gasteiger partial charge in [0.05, 0.1) is 5.92 Å². The molecule has 0 saturated heterocycles. The zero-order chi connectivity index (χ0) is 14.4. The van der Waals surface area contributed by atoms with Crippen LogP contribution in [0.5, 0.6) is 0 Å². The highest BCUT2D eigenvalue weighted by Gasteiger charge is 2.31. The zero-order valence-corrected chi connectivity index (χ0v) is 11.3. The van der Waals surface area contributed by atoms with E-state index in [2.05, 4.69) is 5.32 Å². The van der Waals surface area contributed by atoms with E-state index in [1.807, 2.05) is 30.3 Å². The lowest BCUT2D eigenvalue weighted by molar-refractivity contribution is -0.144. The van der Waals surface area contributed by atoms with Crippen LogP contribution < -0.4 is 5.32 Å². The molecule has 0 spiro atoms. The Labute approximate surface area is 118 Å². The fraction of sp³-hybridized carbons (Fsp3) is 0.375. The lowest BCUT2D eigenvalue weighted by Gasteiger charge is -2.28. The van der Waals surface area contributed by atoms with Gasteiger partial charge in [0.15, 0.2) is 0 Å². The number of nitrogens with one attached hydrogen (secondary N) is 1. The largest absolute Gasteiger partial charge is 0.481 e. The third-order valence-corrected chi connectivity index (χ3v) is 3.64. The van der Waals surface area contributed by atoms with E-state index in [0.717, 1.165) is 24.8 Å². The van der Waals surface area contributed by atoms with E-state index in [9.17, 15) is 9.59 Å². The van der Waals surface area contributed by atoms with Crippen LogP contribution in [-0.2, 0) is 9.59 Å². The number of rotatable bonds is 4. The van der Waals surface area contributed by atoms with Gasteiger partial charge >= 0.3 is 5.97 Å². The van der Waals surface area contributed by atoms with Crippen molar-refractivity contribution in [3.05, 3.63) is 42.0 Å². The molecule has 0 aromatic heterocycles. The Morgan fingerprint density at radius 3 is 2.55 bits per heavy atom. The molecule has 20 heavy (non-hydrogen) atoms. The second-order valence-electron chi connectivity index (χ2n) is 5.09. The fourth-order valence-electron chi connectivity index (χ4n) is 2.57. The SMILES string of the molecule is O=C(/C=C\c1ccccc1)NC1CCCCC1C(=O)O. The predicted molar refractivity (Wildman–Crippen MR) is 77.0 cm³/mol. The lowest BCUT2D eigenvalue weighted by atomic mass is 9.84. The highest BCUT2D eigenvalue weighted by Crippen LogP contribution is 2.24. The molecule has 1 aliphatic rings. The molecule has 0 bridgehead atoms. The van der Waals surface area contributed by atoms with Crippen LogP contribution >= 0.6 is 0 Å². The monoisotopic (exact) mass is 273 g/mol. The standard InChI is InChI=1S/C16H19NO3/c18-15(11-10-12-6-2-1-3-7-12)17-14-9-5-4-8-13(14)16(19)20/h1-3,6-7,10-11,13-14H,4-5,8-9H2,(H,17,18)(H,19,20)/b11-10-. The molecule has 106 valence electrons. The van der Waals surface area contributed by atoms with Crippen LogP contribution in [0.25, 0.3) is 6.08 Å². The van der Waals surface area contributed by atoms with Crippen LogP contribution in [0.15, 0.2) is 36.4 Å². The summed E-state index contributed by atoms with van der Waals surface area (Å²) in [4.78, 5) is 23.0. The van der Waals surface area contributed by atoms with Crippen LogP contribution in [0.2, 0.25) is 0 Å². The molecule has 1 aromatic rings. The van der Waals surface area contributed by atoms with Gasteiger partial charge in [0, 0.05) is 12.1 Å². The molecule has 1 fully saturated rings. The molecule has 1 saturated carbocycles. The first-order valence-corrected chi connectivity index (χ1v) is 6.93. The number of aliphatic carboxylic acids is 1. The molecular formula is C16H19NO3. The lowest BCUT2D eigenvalue weighted by Crippen LogP contribution is -2.44. The van der Waals surface area contributed by atoms with Crippen molar-refractivity contribution < 1.29 is 14.7 Å². The molecule has 2 rings (SSSR count). The highest BCUT2D eigenvalue weighted by atomic mass is 16.4. The molecule has 1 aliphatic carbocycles. The number of carbonyl (C=O) groups excluding carboxylic acids is 1. The predicted octanol–water partition coefficient (Wildman–Crippen LogP) is 2.46. The average molecular weight is 273 g/mol. The average Bonchev–Trinajstić information content (AvgIpc) is 2.46. The van der Waals surface area contributed by atoms with Gasteiger partial charge < -0.3 is 10.4 Å². The minimum absolute atomic E-state index is 0.230. The van der Waals surface area contributed by atoms with Gasteiger partial charge in [-0.05, 0) is 24.5 Å². The number of hydrogen-bond donors (Lipinski definition) is 2. The number of amides is 1. The van der Waals surface area contributed by atoms with Crippen LogP contribution in [0.1, 0.15) is 31.2 Å². The van der Waals surface area contributed by atoms with Crippen molar-refractivity contribution in [2.75, 3.05) is 0 Å². The first-order chi connectivity index (χ1) is 9.66. The number of carboxylic acids is 1. The maximum Gasteiger partial charge on any atom is 0.308 e. The summed E-state index contributed by atoms with van der Waals surface area (Å²) in [5, 5.41) is 12.0. The third kappa shape index (κ3) is 3.95. The number of carboxylic acid groups (broad SMARTS) is 1. The van der Waals surface area contributed by atoms with Gasteiger partial charge in [0.2, 0.25) is 5.91 Å². The molecule has 1 amide bonds. The van der Waals surface area contributed by atoms with Crippen LogP contribution in [0.3, 0.4) is 0 Å². The molecule has 4 heteroatoms. The molecule has 2 unspecified atom stereocenters. The molecule has 0 radical (unpaired) electrons. The Morgan fingerprint density at radius 2 is 1.85 bits per heavy atom. The smallest absolute Gasteiger partial charge is 0.308 e. The van der Waals surface area contributed by atoms with E-state index >= 15 is 0 Å². The first-order valence-electron chi connectivity index (χ1n) is 6.93. The molecular weight excluding hydrogens is 254 g/mol. The molecule has 2 atom stereocenters. The second-order valence-corrected chi connectivity index (χ2v) is 5.09. The van der Waals surface area contributed by atoms with Crippen molar-refractivity contribution in [2.45, 2.75) is 31.7 Å². The van der Waals surface area contributed by atoms with E-state index in [1.54, 1.807) is 6.08 Å². The fourth-order valence-corrected chi connectivity index (χ4v) is 2.57. The van der Waals surface area contributed by atoms with Crippen molar-refractivity contribution in [3.63, 3.8) is 0 Å². The summed E-state index contributed by atoms with van der Waals surface area (Å²) in [6, 6.07) is 9.28. The van der Waals surface area contributed by atoms with Crippen molar-refractivity contribution >= 4 is 18.0 Å². The number of carbonyl (C=O) groups is 2. The summed E-state index contributed by atoms with van der Waals surface area (Å²) < 4.78 is 0. The number of hydrogen-bond acceptors (Lipinski definition) is 2. The Hall–Kier alpha value is -2.10. The van der Waals surface area contributed by atoms with Gasteiger partial charge in [-0.2, -0.15) is 0 Å². The summed E-state index contributed by atoms with van der Waals surface area (Å²) in [5.74, 6) is -1.51. The van der Waals surface area contributed by atoms with E-state index in [4.69, 9.17) is 5.11 Å². The first kappa shape index (κ1) is 14.3. The van der Waals surface area contributed by atoms with Crippen molar-refractivity contribution in [2.24, 2.45) is 5.92 Å². The quantitative estimate of drug-likeness (QED) is 0.828. The van der Waals surface area contributed by atoms with Crippen molar-refractivity contribution in [1.82, 2.24) is 5.32 Å². The normalized spacial score (nSPS) is 22.6. The summed E-state index contributed by atoms with van der Waals surface area (Å²) in [6.45, 7) is 0. The van der Waals surface area contributed by atoms with Crippen LogP contribution in [0, 0.1) is 5.92 Å². The van der Waals surface area contributed by atoms with Gasteiger partial charge in [0.25, 0.3) is 0 Å². The van der Waals surface area contributed by atoms with E-state index in [1.165, 1.54) is 6.08 Å². The summed E-state index contributed by atoms with van der Waals surface area (Å²) in [6.07, 6.45) is 6.46. The van der Waals surface area contributed by atoms with Gasteiger partial charge in [-0.3, -0.25) is 9.59 Å². The van der Waals surface area contributed by atoms with E-state index in [0.29, 0.717) is 6.42 Å². The molecule has 0 aliphatic heterocycles. The maximum absolute atomic E-state index is 11.9. The van der Waals surface area contributed by atoms with Gasteiger partial charge in [0.1, 0.15) is 0 Å². The minimum atomic E-state index is -0.818. The van der Waals surface area contributed by atoms with Gasteiger partial charge in [-0.15, -0.1) is 0 Å². The zero-order valence-electron chi connectivity index (χ0n) is 11.3. The highest BCUT2D eigenvalue weighted by molar-refractivity contribution is 5.92. The van der Waals surface area contributed by atoms with Crippen LogP contribution in [0.4, 0.5) is 0 Å². The molecule has 1 aromatic carbocycles. The number of benzene rings is 1. The second kappa shape index (κ2) is 6.89. The molecule has 2 N–H and O–H groups in total. The minimum Gasteiger partial charge on any atom is -0.481 e. The van der Waals surface area contributed by atoms with Crippen LogP contribution in [-0.4, -0.2) is 23.0 Å². The summed E-state index contributed by atoms with van der Waals surface area (Å²) in [7, 11) is 0. The van der Waals surface area contributed by atoms with Gasteiger partial charge in [-0.25, -0.2) is 0 Å². The Morgan fingerprint density at radius 1 is 1.15 bits per heavy atom. The Bertz CT molecular complexity index is 496. The maximum atomic E-state index is 11.9. The third-order valence-electron chi connectivity index (χ3n) is 3.64. The van der Waals surface area contributed by atoms with Gasteiger partial charge in [-0.1, -0.05) is 43.2 Å². The topological polar surface area (TPSA) is 66.4 Å². The van der Waals surface area contributed by atoms with Crippen molar-refractivity contribution in [3.8, 4) is 0 Å². The Kier molecular flexibility index (Phi) is 4.93.